The summed E-state index contributed by atoms with van der Waals surface area (Å²) in [6.45, 7) is 6.52. The van der Waals surface area contributed by atoms with E-state index in [1.807, 2.05) is 0 Å². The van der Waals surface area contributed by atoms with Crippen LogP contribution < -0.4 is 11.1 Å². The molecule has 2 nitrogen and oxygen atoms in total. The van der Waals surface area contributed by atoms with E-state index in [2.05, 4.69) is 19.2 Å². The highest BCUT2D eigenvalue weighted by Crippen LogP contribution is 2.21. The van der Waals surface area contributed by atoms with Gasteiger partial charge >= 0.3 is 0 Å². The van der Waals surface area contributed by atoms with E-state index in [0.29, 0.717) is 12.0 Å². The third-order valence-corrected chi connectivity index (χ3v) is 2.71. The lowest BCUT2D eigenvalue weighted by Crippen LogP contribution is -2.46. The fraction of sp³-hybridized carbons (Fsp3) is 1.00. The summed E-state index contributed by atoms with van der Waals surface area (Å²) < 4.78 is 0. The molecule has 1 saturated heterocycles. The Balaban J connectivity index is 2.45. The van der Waals surface area contributed by atoms with Crippen molar-refractivity contribution in [2.75, 3.05) is 13.1 Å². The van der Waals surface area contributed by atoms with Crippen molar-refractivity contribution in [1.82, 2.24) is 5.32 Å². The van der Waals surface area contributed by atoms with Crippen molar-refractivity contribution in [3.63, 3.8) is 0 Å². The normalized spacial score (nSPS) is 41.7. The van der Waals surface area contributed by atoms with E-state index >= 15 is 0 Å². The Bertz CT molecular complexity index is 93.4. The Labute approximate surface area is 63.2 Å². The second kappa shape index (κ2) is 3.35. The Kier molecular flexibility index (Phi) is 2.69. The molecule has 0 aromatic heterocycles. The zero-order chi connectivity index (χ0) is 7.56. The third-order valence-electron chi connectivity index (χ3n) is 2.71. The largest absolute Gasteiger partial charge is 0.330 e. The molecular formula is C8H18N2. The van der Waals surface area contributed by atoms with Gasteiger partial charge in [-0.15, -0.1) is 0 Å². The van der Waals surface area contributed by atoms with Crippen molar-refractivity contribution in [2.45, 2.75) is 26.3 Å². The number of piperidine rings is 1. The van der Waals surface area contributed by atoms with Gasteiger partial charge in [0.15, 0.2) is 0 Å². The fourth-order valence-electron chi connectivity index (χ4n) is 1.83. The molecule has 1 heterocycles. The van der Waals surface area contributed by atoms with Crippen LogP contribution in [0.25, 0.3) is 0 Å². The molecule has 1 fully saturated rings. The Morgan fingerprint density at radius 3 is 2.60 bits per heavy atom. The van der Waals surface area contributed by atoms with Crippen LogP contribution in [0.3, 0.4) is 0 Å². The molecule has 0 amide bonds. The van der Waals surface area contributed by atoms with Gasteiger partial charge in [-0.2, -0.15) is 0 Å². The first-order valence-electron chi connectivity index (χ1n) is 4.19. The van der Waals surface area contributed by atoms with Crippen LogP contribution >= 0.6 is 0 Å². The molecule has 0 spiro atoms. The average molecular weight is 142 g/mol. The minimum Gasteiger partial charge on any atom is -0.330 e. The van der Waals surface area contributed by atoms with Gasteiger partial charge in [0.25, 0.3) is 0 Å². The molecule has 0 aromatic carbocycles. The summed E-state index contributed by atoms with van der Waals surface area (Å²) in [7, 11) is 0. The lowest BCUT2D eigenvalue weighted by Gasteiger charge is -2.34. The van der Waals surface area contributed by atoms with Crippen LogP contribution in [0.4, 0.5) is 0 Å². The minimum atomic E-state index is 0.619. The number of hydrogen-bond donors (Lipinski definition) is 2. The second-order valence-electron chi connectivity index (χ2n) is 3.41. The smallest absolute Gasteiger partial charge is 0.00816 e. The maximum Gasteiger partial charge on any atom is 0.00816 e. The van der Waals surface area contributed by atoms with Crippen LogP contribution in [0.1, 0.15) is 20.3 Å². The van der Waals surface area contributed by atoms with Gasteiger partial charge in [-0.05, 0) is 38.3 Å². The summed E-state index contributed by atoms with van der Waals surface area (Å²) in [6, 6.07) is 0.619. The second-order valence-corrected chi connectivity index (χ2v) is 3.41. The monoisotopic (exact) mass is 142 g/mol. The van der Waals surface area contributed by atoms with Gasteiger partial charge in [0.1, 0.15) is 0 Å². The Morgan fingerprint density at radius 2 is 2.20 bits per heavy atom. The summed E-state index contributed by atoms with van der Waals surface area (Å²) in [5.74, 6) is 1.50. The molecule has 60 valence electrons. The van der Waals surface area contributed by atoms with Crippen LogP contribution in [0.2, 0.25) is 0 Å². The molecule has 3 atom stereocenters. The summed E-state index contributed by atoms with van der Waals surface area (Å²) in [6.07, 6.45) is 1.28. The first kappa shape index (κ1) is 8.02. The van der Waals surface area contributed by atoms with Crippen LogP contribution in [0.15, 0.2) is 0 Å². The molecule has 0 aliphatic carbocycles. The average Bonchev–Trinajstić information content (AvgIpc) is 1.88. The van der Waals surface area contributed by atoms with E-state index < -0.39 is 0 Å². The van der Waals surface area contributed by atoms with Gasteiger partial charge in [0.2, 0.25) is 0 Å². The van der Waals surface area contributed by atoms with Crippen LogP contribution in [-0.4, -0.2) is 19.1 Å². The minimum absolute atomic E-state index is 0.619. The molecule has 0 aromatic rings. The van der Waals surface area contributed by atoms with Crippen molar-refractivity contribution in [1.29, 1.82) is 0 Å². The van der Waals surface area contributed by atoms with Crippen LogP contribution in [0, 0.1) is 11.8 Å². The maximum absolute atomic E-state index is 5.64. The number of nitrogens with two attached hydrogens (primary N) is 1. The molecule has 3 unspecified atom stereocenters. The van der Waals surface area contributed by atoms with E-state index in [1.54, 1.807) is 0 Å². The summed E-state index contributed by atoms with van der Waals surface area (Å²) in [5, 5.41) is 3.43. The van der Waals surface area contributed by atoms with Gasteiger partial charge in [-0.3, -0.25) is 0 Å². The Hall–Kier alpha value is -0.0800. The van der Waals surface area contributed by atoms with Crippen molar-refractivity contribution >= 4 is 0 Å². The molecule has 0 saturated carbocycles. The molecule has 1 aliphatic rings. The molecule has 0 radical (unpaired) electrons. The summed E-state index contributed by atoms with van der Waals surface area (Å²) in [4.78, 5) is 0. The summed E-state index contributed by atoms with van der Waals surface area (Å²) >= 11 is 0. The highest BCUT2D eigenvalue weighted by Gasteiger charge is 2.25. The van der Waals surface area contributed by atoms with Crippen molar-refractivity contribution in [3.05, 3.63) is 0 Å². The highest BCUT2D eigenvalue weighted by atomic mass is 14.9. The molecule has 1 aliphatic heterocycles. The summed E-state index contributed by atoms with van der Waals surface area (Å²) in [5.41, 5.74) is 5.64. The molecule has 2 heteroatoms. The first-order chi connectivity index (χ1) is 4.75. The van der Waals surface area contributed by atoms with E-state index in [4.69, 9.17) is 5.73 Å². The van der Waals surface area contributed by atoms with Crippen molar-refractivity contribution < 1.29 is 0 Å². The number of hydrogen-bond acceptors (Lipinski definition) is 2. The maximum atomic E-state index is 5.64. The van der Waals surface area contributed by atoms with Crippen LogP contribution in [0.5, 0.6) is 0 Å². The molecule has 3 N–H and O–H groups in total. The SMILES string of the molecule is CC1CCNC(C)C1CN. The third kappa shape index (κ3) is 1.50. The molecular weight excluding hydrogens is 124 g/mol. The fourth-order valence-corrected chi connectivity index (χ4v) is 1.83. The van der Waals surface area contributed by atoms with Gasteiger partial charge in [0, 0.05) is 6.04 Å². The van der Waals surface area contributed by atoms with Gasteiger partial charge in [-0.1, -0.05) is 6.92 Å². The quantitative estimate of drug-likeness (QED) is 0.562. The van der Waals surface area contributed by atoms with E-state index in [9.17, 15) is 0 Å². The number of rotatable bonds is 1. The van der Waals surface area contributed by atoms with Crippen LogP contribution in [-0.2, 0) is 0 Å². The van der Waals surface area contributed by atoms with Crippen molar-refractivity contribution in [2.24, 2.45) is 17.6 Å². The first-order valence-corrected chi connectivity index (χ1v) is 4.19. The Morgan fingerprint density at radius 1 is 1.50 bits per heavy atom. The van der Waals surface area contributed by atoms with Gasteiger partial charge in [0.05, 0.1) is 0 Å². The van der Waals surface area contributed by atoms with E-state index in [1.165, 1.54) is 13.0 Å². The number of nitrogens with one attached hydrogen (secondary N) is 1. The van der Waals surface area contributed by atoms with E-state index in [-0.39, 0.29) is 0 Å². The predicted molar refractivity (Wildman–Crippen MR) is 43.8 cm³/mol. The topological polar surface area (TPSA) is 38.0 Å². The van der Waals surface area contributed by atoms with Crippen molar-refractivity contribution in [3.8, 4) is 0 Å². The zero-order valence-electron chi connectivity index (χ0n) is 6.93. The predicted octanol–water partition coefficient (Wildman–Crippen LogP) is 0.579. The molecule has 0 bridgehead atoms. The molecule has 10 heavy (non-hydrogen) atoms. The lowest BCUT2D eigenvalue weighted by molar-refractivity contribution is 0.221. The van der Waals surface area contributed by atoms with Gasteiger partial charge < -0.3 is 11.1 Å². The standard InChI is InChI=1S/C8H18N2/c1-6-3-4-10-7(2)8(6)5-9/h6-8,10H,3-5,9H2,1-2H3. The lowest BCUT2D eigenvalue weighted by atomic mass is 9.83. The van der Waals surface area contributed by atoms with Gasteiger partial charge in [-0.25, -0.2) is 0 Å². The molecule has 1 rings (SSSR count). The zero-order valence-corrected chi connectivity index (χ0v) is 6.93. The highest BCUT2D eigenvalue weighted by molar-refractivity contribution is 4.82. The van der Waals surface area contributed by atoms with E-state index in [0.717, 1.165) is 12.5 Å².